The van der Waals surface area contributed by atoms with Crippen LogP contribution in [0.15, 0.2) is 30.3 Å². The van der Waals surface area contributed by atoms with Crippen LogP contribution in [-0.4, -0.2) is 30.9 Å². The molecule has 14 heavy (non-hydrogen) atoms. The van der Waals surface area contributed by atoms with Crippen LogP contribution in [0.2, 0.25) is 0 Å². The van der Waals surface area contributed by atoms with Gasteiger partial charge in [-0.15, -0.1) is 0 Å². The number of nitrogens with zero attached hydrogens (tertiary/aromatic N) is 2. The maximum atomic E-state index is 11.9. The molecule has 0 aromatic heterocycles. The van der Waals surface area contributed by atoms with E-state index in [1.165, 1.54) is 0 Å². The summed E-state index contributed by atoms with van der Waals surface area (Å²) in [7, 11) is 1.74. The fraction of sp³-hybridized carbons (Fsp3) is 0.455. The Hall–Kier alpha value is -1.06. The molecule has 1 aromatic carbocycles. The van der Waals surface area contributed by atoms with E-state index in [-0.39, 0.29) is 10.7 Å². The van der Waals surface area contributed by atoms with E-state index in [1.807, 2.05) is 25.1 Å². The summed E-state index contributed by atoms with van der Waals surface area (Å²) in [6.07, 6.45) is 0. The zero-order chi connectivity index (χ0) is 10.2. The quantitative estimate of drug-likeness (QED) is 0.501. The lowest BCUT2D eigenvalue weighted by molar-refractivity contribution is -0.869. The molecule has 2 unspecified atom stereocenters. The van der Waals surface area contributed by atoms with E-state index in [0.717, 1.165) is 12.2 Å². The van der Waals surface area contributed by atoms with Crippen molar-refractivity contribution in [1.82, 2.24) is 0 Å². The lowest BCUT2D eigenvalue weighted by atomic mass is 10.3. The Balaban J connectivity index is 2.17. The second-order valence-corrected chi connectivity index (χ2v) is 4.22. The number of anilines is 1. The lowest BCUT2D eigenvalue weighted by Gasteiger charge is -2.37. The molecule has 3 nitrogen and oxygen atoms in total. The topological polar surface area (TPSA) is 26.3 Å². The second kappa shape index (κ2) is 3.26. The average Bonchev–Trinajstić information content (AvgIpc) is 2.43. The highest BCUT2D eigenvalue weighted by atomic mass is 16.6. The molecule has 0 saturated carbocycles. The molecule has 0 N–H and O–H groups in total. The first kappa shape index (κ1) is 9.49. The van der Waals surface area contributed by atoms with E-state index >= 15 is 0 Å². The molecule has 1 aliphatic heterocycles. The zero-order valence-electron chi connectivity index (χ0n) is 8.68. The van der Waals surface area contributed by atoms with Crippen molar-refractivity contribution in [3.63, 3.8) is 0 Å². The summed E-state index contributed by atoms with van der Waals surface area (Å²) in [4.78, 5) is 2.15. The van der Waals surface area contributed by atoms with Crippen molar-refractivity contribution >= 4 is 5.69 Å². The molecule has 0 bridgehead atoms. The molecule has 2 rings (SSSR count). The lowest BCUT2D eigenvalue weighted by Crippen LogP contribution is -2.41. The van der Waals surface area contributed by atoms with E-state index in [9.17, 15) is 5.21 Å². The Labute approximate surface area is 84.7 Å². The van der Waals surface area contributed by atoms with Crippen LogP contribution in [0.25, 0.3) is 0 Å². The first-order chi connectivity index (χ1) is 6.59. The van der Waals surface area contributed by atoms with Crippen LogP contribution in [0.4, 0.5) is 5.69 Å². The van der Waals surface area contributed by atoms with E-state index in [0.29, 0.717) is 6.67 Å². The first-order valence-corrected chi connectivity index (χ1v) is 4.96. The van der Waals surface area contributed by atoms with E-state index in [4.69, 9.17) is 0 Å². The zero-order valence-corrected chi connectivity index (χ0v) is 8.68. The van der Waals surface area contributed by atoms with Gasteiger partial charge in [0.25, 0.3) is 0 Å². The predicted molar refractivity (Wildman–Crippen MR) is 57.7 cm³/mol. The molecular weight excluding hydrogens is 176 g/mol. The third-order valence-corrected chi connectivity index (χ3v) is 2.99. The Morgan fingerprint density at radius 3 is 2.50 bits per heavy atom. The fourth-order valence-corrected chi connectivity index (χ4v) is 1.85. The smallest absolute Gasteiger partial charge is 0.154 e. The molecule has 3 heteroatoms. The summed E-state index contributed by atoms with van der Waals surface area (Å²) >= 11 is 0. The van der Waals surface area contributed by atoms with Crippen molar-refractivity contribution in [2.24, 2.45) is 0 Å². The fourth-order valence-electron chi connectivity index (χ4n) is 1.85. The van der Waals surface area contributed by atoms with Crippen LogP contribution in [0, 0.1) is 5.21 Å². The van der Waals surface area contributed by atoms with E-state index < -0.39 is 0 Å². The minimum absolute atomic E-state index is 0.158. The van der Waals surface area contributed by atoms with Gasteiger partial charge in [0.05, 0.1) is 13.6 Å². The van der Waals surface area contributed by atoms with Gasteiger partial charge in [0.15, 0.2) is 6.67 Å². The van der Waals surface area contributed by atoms with Gasteiger partial charge < -0.3 is 14.8 Å². The molecule has 2 atom stereocenters. The van der Waals surface area contributed by atoms with Crippen molar-refractivity contribution < 1.29 is 4.65 Å². The van der Waals surface area contributed by atoms with Gasteiger partial charge in [-0.2, -0.15) is 0 Å². The van der Waals surface area contributed by atoms with Gasteiger partial charge in [-0.3, -0.25) is 0 Å². The van der Waals surface area contributed by atoms with Crippen molar-refractivity contribution in [2.45, 2.75) is 13.0 Å². The number of hydrogen-bond donors (Lipinski definition) is 0. The number of rotatable bonds is 1. The third-order valence-electron chi connectivity index (χ3n) is 2.99. The maximum Gasteiger partial charge on any atom is 0.154 e. The van der Waals surface area contributed by atoms with Crippen LogP contribution < -0.4 is 4.90 Å². The second-order valence-electron chi connectivity index (χ2n) is 4.22. The molecule has 0 radical (unpaired) electrons. The molecule has 76 valence electrons. The van der Waals surface area contributed by atoms with Gasteiger partial charge in [-0.1, -0.05) is 18.2 Å². The molecule has 0 amide bonds. The number of quaternary nitrogens is 1. The van der Waals surface area contributed by atoms with Gasteiger partial charge >= 0.3 is 0 Å². The van der Waals surface area contributed by atoms with E-state index in [2.05, 4.69) is 17.0 Å². The maximum absolute atomic E-state index is 11.9. The highest BCUT2D eigenvalue weighted by Gasteiger charge is 2.32. The number of hydrogen-bond acceptors (Lipinski definition) is 2. The van der Waals surface area contributed by atoms with E-state index in [1.54, 1.807) is 7.05 Å². The molecule has 1 aromatic rings. The molecule has 1 fully saturated rings. The summed E-state index contributed by atoms with van der Waals surface area (Å²) in [6.45, 7) is 3.42. The Kier molecular flexibility index (Phi) is 2.21. The van der Waals surface area contributed by atoms with Gasteiger partial charge in [0.1, 0.15) is 6.04 Å². The standard InChI is InChI=1S/C11H16N2O/c1-10-8-12(9-13(10,2)14)11-6-4-3-5-7-11/h3-7,10H,8-9H2,1-2H3. The van der Waals surface area contributed by atoms with Crippen LogP contribution in [0.5, 0.6) is 0 Å². The van der Waals surface area contributed by atoms with Crippen LogP contribution in [0.1, 0.15) is 6.92 Å². The number of hydroxylamine groups is 3. The van der Waals surface area contributed by atoms with Gasteiger partial charge in [0.2, 0.25) is 0 Å². The van der Waals surface area contributed by atoms with Crippen LogP contribution in [0.3, 0.4) is 0 Å². The molecule has 1 aliphatic rings. The molecule has 1 heterocycles. The Morgan fingerprint density at radius 1 is 1.36 bits per heavy atom. The van der Waals surface area contributed by atoms with Gasteiger partial charge in [-0.05, 0) is 19.1 Å². The first-order valence-electron chi connectivity index (χ1n) is 4.96. The molecular formula is C11H16N2O. The molecule has 0 spiro atoms. The summed E-state index contributed by atoms with van der Waals surface area (Å²) in [5.41, 5.74) is 1.15. The SMILES string of the molecule is CC1CN(c2ccccc2)C[N+]1(C)[O-]. The predicted octanol–water partition coefficient (Wildman–Crippen LogP) is 1.80. The monoisotopic (exact) mass is 192 g/mol. The van der Waals surface area contributed by atoms with Crippen molar-refractivity contribution in [3.8, 4) is 0 Å². The minimum Gasteiger partial charge on any atom is -0.631 e. The largest absolute Gasteiger partial charge is 0.631 e. The third kappa shape index (κ3) is 1.61. The van der Waals surface area contributed by atoms with Crippen molar-refractivity contribution in [3.05, 3.63) is 35.5 Å². The Morgan fingerprint density at radius 2 is 2.00 bits per heavy atom. The summed E-state index contributed by atoms with van der Waals surface area (Å²) < 4.78 is -0.158. The average molecular weight is 192 g/mol. The minimum atomic E-state index is -0.158. The summed E-state index contributed by atoms with van der Waals surface area (Å²) in [6, 6.07) is 10.3. The molecule has 0 aliphatic carbocycles. The van der Waals surface area contributed by atoms with Gasteiger partial charge in [-0.25, -0.2) is 0 Å². The van der Waals surface area contributed by atoms with Crippen molar-refractivity contribution in [2.75, 3.05) is 25.2 Å². The number of benzene rings is 1. The summed E-state index contributed by atoms with van der Waals surface area (Å²) in [5, 5.41) is 11.9. The molecule has 1 saturated heterocycles. The highest BCUT2D eigenvalue weighted by Crippen LogP contribution is 2.24. The van der Waals surface area contributed by atoms with Gasteiger partial charge in [0, 0.05) is 5.69 Å². The summed E-state index contributed by atoms with van der Waals surface area (Å²) in [5.74, 6) is 0. The van der Waals surface area contributed by atoms with Crippen LogP contribution >= 0.6 is 0 Å². The highest BCUT2D eigenvalue weighted by molar-refractivity contribution is 5.46. The number of para-hydroxylation sites is 1. The Bertz CT molecular complexity index is 310. The normalized spacial score (nSPS) is 32.2. The van der Waals surface area contributed by atoms with Crippen molar-refractivity contribution in [1.29, 1.82) is 0 Å². The number of likely N-dealkylation sites (N-methyl/N-ethyl adjacent to an activating group) is 1. The van der Waals surface area contributed by atoms with Crippen LogP contribution in [-0.2, 0) is 0 Å².